The Morgan fingerprint density at radius 1 is 0.929 bits per heavy atom. The number of Topliss-reactive ketones (excluding diaryl/α,β-unsaturated/α-hetero) is 1. The summed E-state index contributed by atoms with van der Waals surface area (Å²) in [7, 11) is 0. The van der Waals surface area contributed by atoms with Crippen LogP contribution in [0.2, 0.25) is 0 Å². The van der Waals surface area contributed by atoms with Crippen molar-refractivity contribution in [2.45, 2.75) is 52.4 Å². The molecule has 0 bridgehead atoms. The molecule has 80 valence electrons. The zero-order valence-electron chi connectivity index (χ0n) is 9.46. The first-order valence-electron chi connectivity index (χ1n) is 6.22. The van der Waals surface area contributed by atoms with Gasteiger partial charge in [0.25, 0.3) is 0 Å². The molecule has 0 saturated heterocycles. The van der Waals surface area contributed by atoms with Crippen LogP contribution in [0.4, 0.5) is 0 Å². The van der Waals surface area contributed by atoms with Crippen molar-refractivity contribution in [3.63, 3.8) is 0 Å². The highest BCUT2D eigenvalue weighted by molar-refractivity contribution is 5.85. The maximum absolute atomic E-state index is 11.8. The summed E-state index contributed by atoms with van der Waals surface area (Å²) < 4.78 is 0. The summed E-state index contributed by atoms with van der Waals surface area (Å²) >= 11 is 0. The average Bonchev–Trinajstić information content (AvgIpc) is 3.00. The number of carbonyl (C=O) groups excluding carboxylic acids is 1. The number of rotatable bonds is 3. The molecule has 0 amide bonds. The lowest BCUT2D eigenvalue weighted by atomic mass is 9.75. The van der Waals surface area contributed by atoms with Gasteiger partial charge >= 0.3 is 0 Å². The van der Waals surface area contributed by atoms with Crippen LogP contribution >= 0.6 is 0 Å². The first-order valence-corrected chi connectivity index (χ1v) is 6.22. The van der Waals surface area contributed by atoms with Gasteiger partial charge in [0.15, 0.2) is 0 Å². The van der Waals surface area contributed by atoms with Crippen molar-refractivity contribution in [1.29, 1.82) is 0 Å². The Morgan fingerprint density at radius 3 is 1.71 bits per heavy atom. The second-order valence-electron chi connectivity index (χ2n) is 5.53. The molecule has 2 aliphatic carbocycles. The third kappa shape index (κ3) is 2.18. The Hall–Kier alpha value is -0.330. The van der Waals surface area contributed by atoms with Crippen LogP contribution in [0.25, 0.3) is 0 Å². The second kappa shape index (κ2) is 4.04. The fourth-order valence-corrected chi connectivity index (χ4v) is 2.77. The minimum atomic E-state index is 0.442. The van der Waals surface area contributed by atoms with E-state index in [-0.39, 0.29) is 0 Å². The summed E-state index contributed by atoms with van der Waals surface area (Å²) in [6, 6.07) is 0. The van der Waals surface area contributed by atoms with Crippen LogP contribution in [0.3, 0.4) is 0 Å². The fourth-order valence-electron chi connectivity index (χ4n) is 2.77. The van der Waals surface area contributed by atoms with Crippen molar-refractivity contribution >= 4 is 5.78 Å². The molecular formula is C13H22O. The minimum Gasteiger partial charge on any atom is -0.299 e. The molecule has 0 aromatic rings. The molecule has 0 aromatic heterocycles. The Morgan fingerprint density at radius 2 is 1.36 bits per heavy atom. The second-order valence-corrected chi connectivity index (χ2v) is 5.53. The van der Waals surface area contributed by atoms with Crippen molar-refractivity contribution in [1.82, 2.24) is 0 Å². The Balaban J connectivity index is 1.80. The summed E-state index contributed by atoms with van der Waals surface area (Å²) in [5.74, 6) is 3.23. The summed E-state index contributed by atoms with van der Waals surface area (Å²) in [6.07, 6.45) is 7.31. The molecule has 0 aromatic carbocycles. The van der Waals surface area contributed by atoms with E-state index in [2.05, 4.69) is 13.8 Å². The van der Waals surface area contributed by atoms with Gasteiger partial charge in [-0.1, -0.05) is 13.8 Å². The number of hydrogen-bond acceptors (Lipinski definition) is 1. The van der Waals surface area contributed by atoms with E-state index < -0.39 is 0 Å². The largest absolute Gasteiger partial charge is 0.299 e. The maximum Gasteiger partial charge on any atom is 0.139 e. The molecule has 0 N–H and O–H groups in total. The fraction of sp³-hybridized carbons (Fsp3) is 0.923. The van der Waals surface area contributed by atoms with Gasteiger partial charge in [-0.25, -0.2) is 0 Å². The highest BCUT2D eigenvalue weighted by Gasteiger charge is 2.36. The SMILES string of the molecule is CC(C)C1CCC(C(=O)C2CC2)CC1. The molecule has 0 atom stereocenters. The monoisotopic (exact) mass is 194 g/mol. The number of carbonyl (C=O) groups is 1. The summed E-state index contributed by atoms with van der Waals surface area (Å²) in [5.41, 5.74) is 0. The molecule has 2 fully saturated rings. The predicted octanol–water partition coefficient (Wildman–Crippen LogP) is 3.43. The summed E-state index contributed by atoms with van der Waals surface area (Å²) in [5, 5.41) is 0. The van der Waals surface area contributed by atoms with Crippen molar-refractivity contribution in [2.75, 3.05) is 0 Å². The normalized spacial score (nSPS) is 33.4. The first kappa shape index (κ1) is 10.2. The van der Waals surface area contributed by atoms with Gasteiger partial charge in [-0.05, 0) is 50.4 Å². The van der Waals surface area contributed by atoms with Gasteiger partial charge in [-0.3, -0.25) is 4.79 Å². The Kier molecular flexibility index (Phi) is 2.94. The topological polar surface area (TPSA) is 17.1 Å². The van der Waals surface area contributed by atoms with Gasteiger partial charge in [0.05, 0.1) is 0 Å². The molecule has 0 radical (unpaired) electrons. The molecule has 2 aliphatic rings. The lowest BCUT2D eigenvalue weighted by Crippen LogP contribution is -2.25. The molecule has 1 nitrogen and oxygen atoms in total. The van der Waals surface area contributed by atoms with Gasteiger partial charge in [-0.2, -0.15) is 0 Å². The molecule has 2 saturated carbocycles. The zero-order valence-corrected chi connectivity index (χ0v) is 9.46. The number of ketones is 1. The highest BCUT2D eigenvalue weighted by atomic mass is 16.1. The van der Waals surface area contributed by atoms with Crippen molar-refractivity contribution in [2.24, 2.45) is 23.7 Å². The van der Waals surface area contributed by atoms with E-state index in [1.807, 2.05) is 0 Å². The first-order chi connectivity index (χ1) is 6.68. The van der Waals surface area contributed by atoms with Gasteiger partial charge in [0.1, 0.15) is 5.78 Å². The third-order valence-electron chi connectivity index (χ3n) is 4.10. The van der Waals surface area contributed by atoms with Crippen molar-refractivity contribution < 1.29 is 4.79 Å². The molecule has 0 spiro atoms. The van der Waals surface area contributed by atoms with Crippen LogP contribution in [0.1, 0.15) is 52.4 Å². The maximum atomic E-state index is 11.8. The van der Waals surface area contributed by atoms with Crippen molar-refractivity contribution in [3.05, 3.63) is 0 Å². The van der Waals surface area contributed by atoms with Crippen LogP contribution in [0, 0.1) is 23.7 Å². The highest BCUT2D eigenvalue weighted by Crippen LogP contribution is 2.39. The summed E-state index contributed by atoms with van der Waals surface area (Å²) in [4.78, 5) is 11.8. The van der Waals surface area contributed by atoms with Gasteiger partial charge in [-0.15, -0.1) is 0 Å². The molecule has 0 aliphatic heterocycles. The molecule has 0 unspecified atom stereocenters. The summed E-state index contributed by atoms with van der Waals surface area (Å²) in [6.45, 7) is 4.63. The van der Waals surface area contributed by atoms with Gasteiger partial charge in [0, 0.05) is 11.8 Å². The smallest absolute Gasteiger partial charge is 0.139 e. The van der Waals surface area contributed by atoms with E-state index >= 15 is 0 Å². The number of hydrogen-bond donors (Lipinski definition) is 0. The lowest BCUT2D eigenvalue weighted by Gasteiger charge is -2.30. The van der Waals surface area contributed by atoms with Crippen molar-refractivity contribution in [3.8, 4) is 0 Å². The molecule has 1 heteroatoms. The standard InChI is InChI=1S/C13H22O/c1-9(2)10-3-5-11(6-4-10)13(14)12-7-8-12/h9-12H,3-8H2,1-2H3. The van der Waals surface area contributed by atoms with E-state index in [0.717, 1.165) is 11.8 Å². The Labute approximate surface area is 87.3 Å². The van der Waals surface area contributed by atoms with Crippen LogP contribution in [-0.2, 0) is 4.79 Å². The Bertz CT molecular complexity index is 207. The predicted molar refractivity (Wildman–Crippen MR) is 58.0 cm³/mol. The van der Waals surface area contributed by atoms with Gasteiger partial charge < -0.3 is 0 Å². The quantitative estimate of drug-likeness (QED) is 0.672. The van der Waals surface area contributed by atoms with Crippen LogP contribution in [0.15, 0.2) is 0 Å². The molecule has 2 rings (SSSR count). The van der Waals surface area contributed by atoms with E-state index in [4.69, 9.17) is 0 Å². The van der Waals surface area contributed by atoms with E-state index in [9.17, 15) is 4.79 Å². The minimum absolute atomic E-state index is 0.442. The van der Waals surface area contributed by atoms with Crippen LogP contribution in [0.5, 0.6) is 0 Å². The molecular weight excluding hydrogens is 172 g/mol. The third-order valence-corrected chi connectivity index (χ3v) is 4.10. The van der Waals surface area contributed by atoms with Crippen LogP contribution in [-0.4, -0.2) is 5.78 Å². The average molecular weight is 194 g/mol. The van der Waals surface area contributed by atoms with E-state index in [1.165, 1.54) is 38.5 Å². The van der Waals surface area contributed by atoms with Gasteiger partial charge in [0.2, 0.25) is 0 Å². The molecule has 14 heavy (non-hydrogen) atoms. The molecule has 0 heterocycles. The lowest BCUT2D eigenvalue weighted by molar-refractivity contribution is -0.125. The van der Waals surface area contributed by atoms with E-state index in [1.54, 1.807) is 0 Å². The van der Waals surface area contributed by atoms with Crippen LogP contribution < -0.4 is 0 Å². The zero-order chi connectivity index (χ0) is 10.1. The van der Waals surface area contributed by atoms with E-state index in [0.29, 0.717) is 17.6 Å².